The molecule has 1 unspecified atom stereocenters. The van der Waals surface area contributed by atoms with Crippen molar-refractivity contribution < 1.29 is 0 Å². The Kier molecular flexibility index (Phi) is 3.19. The van der Waals surface area contributed by atoms with Crippen molar-refractivity contribution in [1.82, 2.24) is 4.98 Å². The van der Waals surface area contributed by atoms with Gasteiger partial charge in [0.05, 0.1) is 11.2 Å². The molecule has 0 aliphatic rings. The van der Waals surface area contributed by atoms with Crippen LogP contribution in [-0.2, 0) is 11.0 Å². The van der Waals surface area contributed by atoms with E-state index in [1.54, 1.807) is 0 Å². The molecule has 1 rings (SSSR count). The van der Waals surface area contributed by atoms with Crippen molar-refractivity contribution in [3.63, 3.8) is 0 Å². The van der Waals surface area contributed by atoms with E-state index in [0.29, 0.717) is 0 Å². The molecule has 0 amide bonds. The van der Waals surface area contributed by atoms with Gasteiger partial charge in [-0.15, -0.1) is 0 Å². The van der Waals surface area contributed by atoms with Crippen molar-refractivity contribution in [2.24, 2.45) is 5.73 Å². The lowest BCUT2D eigenvalue weighted by molar-refractivity contribution is 0.458. The largest absolute Gasteiger partial charge is 0.320 e. The maximum atomic E-state index is 6.19. The van der Waals surface area contributed by atoms with E-state index >= 15 is 0 Å². The van der Waals surface area contributed by atoms with Crippen LogP contribution in [0.25, 0.3) is 0 Å². The fourth-order valence-corrected chi connectivity index (χ4v) is 1.39. The number of nitrogens with two attached hydrogens (primary N) is 1. The Morgan fingerprint density at radius 1 is 1.27 bits per heavy atom. The van der Waals surface area contributed by atoms with Gasteiger partial charge in [0.1, 0.15) is 0 Å². The number of aromatic nitrogens is 1. The Morgan fingerprint density at radius 3 is 2.33 bits per heavy atom. The number of pyridine rings is 1. The normalized spacial score (nSPS) is 16.1. The molecule has 1 aromatic rings. The average Bonchev–Trinajstić information content (AvgIpc) is 2.17. The van der Waals surface area contributed by atoms with Gasteiger partial charge in [0.2, 0.25) is 0 Å². The zero-order valence-corrected chi connectivity index (χ0v) is 10.5. The first-order valence-corrected chi connectivity index (χ1v) is 5.53. The van der Waals surface area contributed by atoms with Crippen LogP contribution in [-0.4, -0.2) is 4.98 Å². The minimum absolute atomic E-state index is 0.154. The van der Waals surface area contributed by atoms with Crippen molar-refractivity contribution in [1.29, 1.82) is 0 Å². The zero-order valence-electron chi connectivity index (χ0n) is 10.5. The van der Waals surface area contributed by atoms with Crippen LogP contribution >= 0.6 is 0 Å². The summed E-state index contributed by atoms with van der Waals surface area (Å²) in [6, 6.07) is 4.19. The molecule has 0 radical (unpaired) electrons. The first-order chi connectivity index (χ1) is 6.77. The second-order valence-electron chi connectivity index (χ2n) is 5.45. The van der Waals surface area contributed by atoms with Gasteiger partial charge in [-0.2, -0.15) is 0 Å². The van der Waals surface area contributed by atoms with Gasteiger partial charge in [0.15, 0.2) is 0 Å². The Bertz CT molecular complexity index is 335. The van der Waals surface area contributed by atoms with E-state index in [1.165, 1.54) is 5.56 Å². The van der Waals surface area contributed by atoms with Gasteiger partial charge in [-0.05, 0) is 36.5 Å². The number of rotatable bonds is 2. The molecule has 0 saturated carbocycles. The number of hydrogen-bond donors (Lipinski definition) is 1. The highest BCUT2D eigenvalue weighted by molar-refractivity contribution is 5.26. The van der Waals surface area contributed by atoms with E-state index in [0.717, 1.165) is 12.1 Å². The highest BCUT2D eigenvalue weighted by atomic mass is 14.8. The summed E-state index contributed by atoms with van der Waals surface area (Å²) in [5.41, 5.74) is 8.30. The van der Waals surface area contributed by atoms with Crippen molar-refractivity contribution in [3.8, 4) is 0 Å². The summed E-state index contributed by atoms with van der Waals surface area (Å²) in [4.78, 5) is 4.37. The van der Waals surface area contributed by atoms with Gasteiger partial charge in [-0.3, -0.25) is 4.98 Å². The van der Waals surface area contributed by atoms with Crippen LogP contribution in [0.5, 0.6) is 0 Å². The van der Waals surface area contributed by atoms with E-state index in [-0.39, 0.29) is 11.0 Å². The fourth-order valence-electron chi connectivity index (χ4n) is 1.39. The molecular formula is C13H22N2. The van der Waals surface area contributed by atoms with Crippen LogP contribution in [0.3, 0.4) is 0 Å². The molecule has 1 aromatic heterocycles. The van der Waals surface area contributed by atoms with E-state index in [4.69, 9.17) is 5.73 Å². The third kappa shape index (κ3) is 2.78. The standard InChI is InChI=1S/C13H22N2/c1-6-13(5,14)11-9-10(7-8-15-11)12(2,3)4/h7-9H,6,14H2,1-5H3. The summed E-state index contributed by atoms with van der Waals surface area (Å²) in [6.07, 6.45) is 2.75. The van der Waals surface area contributed by atoms with E-state index < -0.39 is 0 Å². The molecule has 0 spiro atoms. The topological polar surface area (TPSA) is 38.9 Å². The molecule has 0 bridgehead atoms. The van der Waals surface area contributed by atoms with Crippen molar-refractivity contribution in [2.45, 2.75) is 52.0 Å². The van der Waals surface area contributed by atoms with Crippen LogP contribution in [0.4, 0.5) is 0 Å². The molecule has 1 atom stereocenters. The van der Waals surface area contributed by atoms with Crippen molar-refractivity contribution in [3.05, 3.63) is 29.6 Å². The summed E-state index contributed by atoms with van der Waals surface area (Å²) in [7, 11) is 0. The maximum Gasteiger partial charge on any atom is 0.0602 e. The Hall–Kier alpha value is -0.890. The molecule has 2 nitrogen and oxygen atoms in total. The van der Waals surface area contributed by atoms with E-state index in [9.17, 15) is 0 Å². The molecule has 15 heavy (non-hydrogen) atoms. The Morgan fingerprint density at radius 2 is 1.87 bits per heavy atom. The van der Waals surface area contributed by atoms with Crippen molar-refractivity contribution in [2.75, 3.05) is 0 Å². The van der Waals surface area contributed by atoms with Crippen LogP contribution in [0, 0.1) is 0 Å². The molecule has 0 aromatic carbocycles. The highest BCUT2D eigenvalue weighted by Crippen LogP contribution is 2.26. The second kappa shape index (κ2) is 3.93. The van der Waals surface area contributed by atoms with Crippen molar-refractivity contribution >= 4 is 0 Å². The summed E-state index contributed by atoms with van der Waals surface area (Å²) >= 11 is 0. The minimum Gasteiger partial charge on any atom is -0.320 e. The minimum atomic E-state index is -0.318. The van der Waals surface area contributed by atoms with E-state index in [2.05, 4.69) is 44.8 Å². The average molecular weight is 206 g/mol. The summed E-state index contributed by atoms with van der Waals surface area (Å²) in [6.45, 7) is 10.7. The fraction of sp³-hybridized carbons (Fsp3) is 0.615. The lowest BCUT2D eigenvalue weighted by Crippen LogP contribution is -2.33. The molecule has 2 heteroatoms. The molecule has 1 heterocycles. The summed E-state index contributed by atoms with van der Waals surface area (Å²) in [5, 5.41) is 0. The van der Waals surface area contributed by atoms with Crippen LogP contribution in [0.15, 0.2) is 18.3 Å². The lowest BCUT2D eigenvalue weighted by Gasteiger charge is -2.25. The first-order valence-electron chi connectivity index (χ1n) is 5.53. The predicted octanol–water partition coefficient (Wildman–Crippen LogP) is 2.96. The molecule has 0 aliphatic heterocycles. The van der Waals surface area contributed by atoms with Gasteiger partial charge in [0.25, 0.3) is 0 Å². The van der Waals surface area contributed by atoms with Gasteiger partial charge in [0, 0.05) is 6.20 Å². The van der Waals surface area contributed by atoms with Gasteiger partial charge in [-0.25, -0.2) is 0 Å². The number of nitrogens with zero attached hydrogens (tertiary/aromatic N) is 1. The third-order valence-corrected chi connectivity index (χ3v) is 2.95. The van der Waals surface area contributed by atoms with Crippen LogP contribution in [0.2, 0.25) is 0 Å². The third-order valence-electron chi connectivity index (χ3n) is 2.95. The van der Waals surface area contributed by atoms with Crippen LogP contribution < -0.4 is 5.73 Å². The second-order valence-corrected chi connectivity index (χ2v) is 5.45. The first kappa shape index (κ1) is 12.2. The number of hydrogen-bond acceptors (Lipinski definition) is 2. The summed E-state index contributed by atoms with van der Waals surface area (Å²) in [5.74, 6) is 0. The molecule has 0 fully saturated rings. The smallest absolute Gasteiger partial charge is 0.0602 e. The van der Waals surface area contributed by atoms with E-state index in [1.807, 2.05) is 13.1 Å². The molecule has 84 valence electrons. The highest BCUT2D eigenvalue weighted by Gasteiger charge is 2.22. The summed E-state index contributed by atoms with van der Waals surface area (Å²) < 4.78 is 0. The predicted molar refractivity (Wildman–Crippen MR) is 64.8 cm³/mol. The lowest BCUT2D eigenvalue weighted by atomic mass is 9.85. The molecular weight excluding hydrogens is 184 g/mol. The Labute approximate surface area is 92.9 Å². The molecule has 0 saturated heterocycles. The molecule has 0 aliphatic carbocycles. The monoisotopic (exact) mass is 206 g/mol. The quantitative estimate of drug-likeness (QED) is 0.808. The van der Waals surface area contributed by atoms with Gasteiger partial charge >= 0.3 is 0 Å². The zero-order chi connectivity index (χ0) is 11.7. The maximum absolute atomic E-state index is 6.19. The Balaban J connectivity index is 3.14. The van der Waals surface area contributed by atoms with Crippen LogP contribution in [0.1, 0.15) is 52.3 Å². The SMILES string of the molecule is CCC(C)(N)c1cc(C(C)(C)C)ccn1. The van der Waals surface area contributed by atoms with Gasteiger partial charge < -0.3 is 5.73 Å². The molecule has 2 N–H and O–H groups in total. The van der Waals surface area contributed by atoms with Gasteiger partial charge in [-0.1, -0.05) is 27.7 Å².